The van der Waals surface area contributed by atoms with Crippen molar-refractivity contribution in [3.8, 4) is 0 Å². The molecule has 1 nitrogen and oxygen atoms in total. The van der Waals surface area contributed by atoms with Crippen LogP contribution >= 0.6 is 23.2 Å². The van der Waals surface area contributed by atoms with Crippen molar-refractivity contribution in [2.45, 2.75) is 12.7 Å². The summed E-state index contributed by atoms with van der Waals surface area (Å²) in [4.78, 5) is 0. The highest BCUT2D eigenvalue weighted by molar-refractivity contribution is 6.42. The second-order valence-electron chi connectivity index (χ2n) is 4.18. The Morgan fingerprint density at radius 2 is 1.55 bits per heavy atom. The summed E-state index contributed by atoms with van der Waals surface area (Å²) in [5.74, 6) is 0. The Morgan fingerprint density at radius 1 is 0.900 bits per heavy atom. The van der Waals surface area contributed by atoms with Crippen LogP contribution in [0.3, 0.4) is 0 Å². The summed E-state index contributed by atoms with van der Waals surface area (Å²) in [7, 11) is 0. The molecular formula is C14H10Cl2F3N. The topological polar surface area (TPSA) is 12.0 Å². The zero-order valence-corrected chi connectivity index (χ0v) is 11.7. The van der Waals surface area contributed by atoms with Crippen LogP contribution in [0.15, 0.2) is 42.5 Å². The van der Waals surface area contributed by atoms with Gasteiger partial charge in [-0.25, -0.2) is 0 Å². The Balaban J connectivity index is 2.02. The van der Waals surface area contributed by atoms with Gasteiger partial charge in [0.25, 0.3) is 0 Å². The average Bonchev–Trinajstić information content (AvgIpc) is 2.40. The number of anilines is 1. The zero-order chi connectivity index (χ0) is 14.8. The lowest BCUT2D eigenvalue weighted by Crippen LogP contribution is -2.05. The normalized spacial score (nSPS) is 11.4. The van der Waals surface area contributed by atoms with Crippen molar-refractivity contribution in [1.82, 2.24) is 0 Å². The van der Waals surface area contributed by atoms with Gasteiger partial charge < -0.3 is 5.32 Å². The number of alkyl halides is 3. The molecule has 20 heavy (non-hydrogen) atoms. The Hall–Kier alpha value is -1.39. The third-order valence-corrected chi connectivity index (χ3v) is 3.44. The summed E-state index contributed by atoms with van der Waals surface area (Å²) in [6.07, 6.45) is -4.31. The molecule has 0 spiro atoms. The highest BCUT2D eigenvalue weighted by Crippen LogP contribution is 2.29. The van der Waals surface area contributed by atoms with E-state index in [9.17, 15) is 13.2 Å². The maximum Gasteiger partial charge on any atom is 0.416 e. The predicted molar refractivity (Wildman–Crippen MR) is 75.2 cm³/mol. The second kappa shape index (κ2) is 5.94. The van der Waals surface area contributed by atoms with E-state index >= 15 is 0 Å². The minimum Gasteiger partial charge on any atom is -0.381 e. The second-order valence-corrected chi connectivity index (χ2v) is 4.99. The van der Waals surface area contributed by atoms with Gasteiger partial charge in [-0.05, 0) is 35.9 Å². The fraction of sp³-hybridized carbons (Fsp3) is 0.143. The molecule has 0 aliphatic rings. The number of benzene rings is 2. The molecule has 0 aliphatic heterocycles. The lowest BCUT2D eigenvalue weighted by atomic mass is 10.1. The van der Waals surface area contributed by atoms with Gasteiger partial charge in [0.05, 0.1) is 15.6 Å². The maximum atomic E-state index is 12.4. The molecule has 0 aliphatic carbocycles. The maximum absolute atomic E-state index is 12.4. The Labute approximate surface area is 124 Å². The third kappa shape index (κ3) is 3.81. The van der Waals surface area contributed by atoms with Gasteiger partial charge >= 0.3 is 6.18 Å². The van der Waals surface area contributed by atoms with E-state index in [4.69, 9.17) is 23.2 Å². The van der Waals surface area contributed by atoms with E-state index in [1.54, 1.807) is 18.2 Å². The standard InChI is InChI=1S/C14H10Cl2F3N/c15-12-6-5-11(7-13(12)16)20-8-9-1-3-10(4-2-9)14(17,18)19/h1-7,20H,8H2. The van der Waals surface area contributed by atoms with Crippen LogP contribution in [0.2, 0.25) is 10.0 Å². The molecule has 2 aromatic carbocycles. The van der Waals surface area contributed by atoms with Gasteiger partial charge in [0.2, 0.25) is 0 Å². The lowest BCUT2D eigenvalue weighted by Gasteiger charge is -2.10. The first-order valence-electron chi connectivity index (χ1n) is 5.71. The van der Waals surface area contributed by atoms with E-state index in [0.717, 1.165) is 23.4 Å². The molecule has 0 bridgehead atoms. The Morgan fingerprint density at radius 3 is 2.10 bits per heavy atom. The predicted octanol–water partition coefficient (Wildman–Crippen LogP) is 5.62. The minimum atomic E-state index is -4.31. The van der Waals surface area contributed by atoms with Gasteiger partial charge in [-0.15, -0.1) is 0 Å². The first kappa shape index (κ1) is 15.0. The van der Waals surface area contributed by atoms with Gasteiger partial charge in [-0.3, -0.25) is 0 Å². The van der Waals surface area contributed by atoms with E-state index in [1.807, 2.05) is 0 Å². The van der Waals surface area contributed by atoms with Crippen LogP contribution in [0.1, 0.15) is 11.1 Å². The van der Waals surface area contributed by atoms with Gasteiger partial charge in [-0.1, -0.05) is 35.3 Å². The number of halogens is 5. The first-order chi connectivity index (χ1) is 9.36. The average molecular weight is 320 g/mol. The molecule has 0 saturated heterocycles. The molecule has 0 amide bonds. The molecule has 0 radical (unpaired) electrons. The summed E-state index contributed by atoms with van der Waals surface area (Å²) in [6.45, 7) is 0.399. The van der Waals surface area contributed by atoms with Crippen LogP contribution in [-0.4, -0.2) is 0 Å². The summed E-state index contributed by atoms with van der Waals surface area (Å²) in [6, 6.07) is 10.1. The largest absolute Gasteiger partial charge is 0.416 e. The lowest BCUT2D eigenvalue weighted by molar-refractivity contribution is -0.137. The molecule has 0 fully saturated rings. The van der Waals surface area contributed by atoms with Crippen molar-refractivity contribution >= 4 is 28.9 Å². The number of hydrogen-bond acceptors (Lipinski definition) is 1. The van der Waals surface area contributed by atoms with Crippen molar-refractivity contribution in [2.75, 3.05) is 5.32 Å². The van der Waals surface area contributed by atoms with Gasteiger partial charge in [-0.2, -0.15) is 13.2 Å². The monoisotopic (exact) mass is 319 g/mol. The Bertz CT molecular complexity index is 594. The van der Waals surface area contributed by atoms with Gasteiger partial charge in [0.15, 0.2) is 0 Å². The Kier molecular flexibility index (Phi) is 4.45. The van der Waals surface area contributed by atoms with Crippen LogP contribution < -0.4 is 5.32 Å². The van der Waals surface area contributed by atoms with E-state index in [1.165, 1.54) is 12.1 Å². The van der Waals surface area contributed by atoms with Crippen molar-refractivity contribution in [3.63, 3.8) is 0 Å². The van der Waals surface area contributed by atoms with E-state index < -0.39 is 11.7 Å². The molecule has 2 aromatic rings. The van der Waals surface area contributed by atoms with Crippen LogP contribution in [0.25, 0.3) is 0 Å². The molecule has 0 aromatic heterocycles. The van der Waals surface area contributed by atoms with Crippen molar-refractivity contribution < 1.29 is 13.2 Å². The molecule has 1 N–H and O–H groups in total. The molecule has 0 heterocycles. The van der Waals surface area contributed by atoms with Crippen molar-refractivity contribution in [2.24, 2.45) is 0 Å². The highest BCUT2D eigenvalue weighted by Gasteiger charge is 2.29. The quantitative estimate of drug-likeness (QED) is 0.773. The minimum absolute atomic E-state index is 0.399. The summed E-state index contributed by atoms with van der Waals surface area (Å²) in [5, 5.41) is 3.93. The van der Waals surface area contributed by atoms with Crippen LogP contribution in [0.4, 0.5) is 18.9 Å². The zero-order valence-electron chi connectivity index (χ0n) is 10.1. The molecule has 6 heteroatoms. The fourth-order valence-corrected chi connectivity index (χ4v) is 1.92. The number of nitrogens with one attached hydrogen (secondary N) is 1. The molecule has 0 atom stereocenters. The summed E-state index contributed by atoms with van der Waals surface area (Å²) < 4.78 is 37.2. The van der Waals surface area contributed by atoms with Crippen molar-refractivity contribution in [1.29, 1.82) is 0 Å². The SMILES string of the molecule is FC(F)(F)c1ccc(CNc2ccc(Cl)c(Cl)c2)cc1. The molecule has 2 rings (SSSR count). The van der Waals surface area contributed by atoms with Crippen LogP contribution in [0.5, 0.6) is 0 Å². The van der Waals surface area contributed by atoms with E-state index in [0.29, 0.717) is 16.6 Å². The summed E-state index contributed by atoms with van der Waals surface area (Å²) >= 11 is 11.7. The summed E-state index contributed by atoms with van der Waals surface area (Å²) in [5.41, 5.74) is 0.833. The van der Waals surface area contributed by atoms with Gasteiger partial charge in [0.1, 0.15) is 0 Å². The highest BCUT2D eigenvalue weighted by atomic mass is 35.5. The third-order valence-electron chi connectivity index (χ3n) is 2.70. The first-order valence-corrected chi connectivity index (χ1v) is 6.47. The fourth-order valence-electron chi connectivity index (χ4n) is 1.62. The van der Waals surface area contributed by atoms with Gasteiger partial charge in [0, 0.05) is 12.2 Å². The smallest absolute Gasteiger partial charge is 0.381 e. The van der Waals surface area contributed by atoms with E-state index in [2.05, 4.69) is 5.32 Å². The van der Waals surface area contributed by atoms with E-state index in [-0.39, 0.29) is 0 Å². The molecule has 106 valence electrons. The number of hydrogen-bond donors (Lipinski definition) is 1. The van der Waals surface area contributed by atoms with Crippen LogP contribution in [-0.2, 0) is 12.7 Å². The van der Waals surface area contributed by atoms with Crippen molar-refractivity contribution in [3.05, 3.63) is 63.6 Å². The molecular weight excluding hydrogens is 310 g/mol. The molecule has 0 unspecified atom stereocenters. The molecule has 0 saturated carbocycles. The van der Waals surface area contributed by atoms with Crippen LogP contribution in [0, 0.1) is 0 Å². The number of rotatable bonds is 3.